The molecule has 0 atom stereocenters. The van der Waals surface area contributed by atoms with Gasteiger partial charge in [-0.1, -0.05) is 6.07 Å². The largest absolute Gasteiger partial charge is 0.368 e. The number of thiocarbonyl (C=S) groups is 1. The lowest BCUT2D eigenvalue weighted by atomic mass is 10.1. The molecule has 1 amide bonds. The number of benzene rings is 2. The van der Waals surface area contributed by atoms with Gasteiger partial charge in [0.25, 0.3) is 11.6 Å². The maximum atomic E-state index is 12.4. The fourth-order valence-corrected chi connectivity index (χ4v) is 3.36. The number of rotatable bonds is 3. The van der Waals surface area contributed by atoms with Crippen LogP contribution in [0.2, 0.25) is 0 Å². The highest BCUT2D eigenvalue weighted by Gasteiger charge is 2.21. The van der Waals surface area contributed by atoms with Crippen LogP contribution in [-0.4, -0.2) is 47.0 Å². The van der Waals surface area contributed by atoms with Gasteiger partial charge >= 0.3 is 0 Å². The van der Waals surface area contributed by atoms with Gasteiger partial charge in [0.2, 0.25) is 0 Å². The van der Waals surface area contributed by atoms with Crippen molar-refractivity contribution in [3.05, 3.63) is 69.3 Å². The number of nitro benzene ring substituents is 1. The van der Waals surface area contributed by atoms with Gasteiger partial charge in [-0.2, -0.15) is 0 Å². The second-order valence-corrected chi connectivity index (χ2v) is 7.19. The molecule has 0 aromatic heterocycles. The van der Waals surface area contributed by atoms with Gasteiger partial charge in [-0.3, -0.25) is 20.2 Å². The number of nitrogens with one attached hydrogen (secondary N) is 1. The Morgan fingerprint density at radius 3 is 2.25 bits per heavy atom. The zero-order valence-electron chi connectivity index (χ0n) is 15.8. The van der Waals surface area contributed by atoms with Crippen LogP contribution in [0, 0.1) is 24.0 Å². The quantitative estimate of drug-likeness (QED) is 0.486. The third-order valence-corrected chi connectivity index (χ3v) is 5.34. The summed E-state index contributed by atoms with van der Waals surface area (Å²) < 4.78 is 0. The standard InChI is InChI=1S/C20H22N4O3S/c1-14-3-4-16(13-15(14)2)19(25)21-20(28)23-11-9-22(10-12-23)17-5-7-18(8-6-17)24(26)27/h3-8,13H,9-12H2,1-2H3,(H,21,25,28). The first-order chi connectivity index (χ1) is 13.3. The number of aryl methyl sites for hydroxylation is 2. The van der Waals surface area contributed by atoms with Crippen molar-refractivity contribution in [1.82, 2.24) is 10.2 Å². The number of hydrogen-bond acceptors (Lipinski definition) is 5. The Morgan fingerprint density at radius 1 is 1.04 bits per heavy atom. The van der Waals surface area contributed by atoms with Gasteiger partial charge in [-0.25, -0.2) is 0 Å². The summed E-state index contributed by atoms with van der Waals surface area (Å²) in [7, 11) is 0. The van der Waals surface area contributed by atoms with Gasteiger partial charge in [-0.05, 0) is 61.5 Å². The number of piperazine rings is 1. The molecule has 2 aromatic rings. The van der Waals surface area contributed by atoms with Gasteiger partial charge in [-0.15, -0.1) is 0 Å². The number of nitrogens with zero attached hydrogens (tertiary/aromatic N) is 3. The monoisotopic (exact) mass is 398 g/mol. The predicted molar refractivity (Wildman–Crippen MR) is 113 cm³/mol. The Balaban J connectivity index is 1.55. The van der Waals surface area contributed by atoms with Crippen molar-refractivity contribution in [2.45, 2.75) is 13.8 Å². The summed E-state index contributed by atoms with van der Waals surface area (Å²) in [6.07, 6.45) is 0. The van der Waals surface area contributed by atoms with Crippen LogP contribution >= 0.6 is 12.2 Å². The van der Waals surface area contributed by atoms with E-state index in [0.717, 1.165) is 29.9 Å². The van der Waals surface area contributed by atoms with Crippen LogP contribution in [0.25, 0.3) is 0 Å². The summed E-state index contributed by atoms with van der Waals surface area (Å²) in [6.45, 7) is 6.76. The molecule has 7 nitrogen and oxygen atoms in total. The molecule has 1 aliphatic heterocycles. The van der Waals surface area contributed by atoms with E-state index < -0.39 is 4.92 Å². The number of carbonyl (C=O) groups excluding carboxylic acids is 1. The molecule has 1 fully saturated rings. The average Bonchev–Trinajstić information content (AvgIpc) is 2.70. The molecule has 3 rings (SSSR count). The van der Waals surface area contributed by atoms with Gasteiger partial charge in [0.1, 0.15) is 0 Å². The van der Waals surface area contributed by atoms with E-state index in [4.69, 9.17) is 12.2 Å². The highest BCUT2D eigenvalue weighted by atomic mass is 32.1. The molecule has 1 saturated heterocycles. The summed E-state index contributed by atoms with van der Waals surface area (Å²) >= 11 is 5.41. The molecule has 0 bridgehead atoms. The van der Waals surface area contributed by atoms with Crippen molar-refractivity contribution >= 4 is 34.6 Å². The van der Waals surface area contributed by atoms with Gasteiger partial charge in [0, 0.05) is 49.6 Å². The van der Waals surface area contributed by atoms with Crippen molar-refractivity contribution in [3.63, 3.8) is 0 Å². The van der Waals surface area contributed by atoms with Gasteiger partial charge in [0.15, 0.2) is 5.11 Å². The average molecular weight is 398 g/mol. The first kappa shape index (κ1) is 19.8. The maximum Gasteiger partial charge on any atom is 0.269 e. The highest BCUT2D eigenvalue weighted by Crippen LogP contribution is 2.20. The lowest BCUT2D eigenvalue weighted by Gasteiger charge is -2.37. The molecule has 0 radical (unpaired) electrons. The van der Waals surface area contributed by atoms with E-state index >= 15 is 0 Å². The van der Waals surface area contributed by atoms with Gasteiger partial charge in [0.05, 0.1) is 4.92 Å². The minimum absolute atomic E-state index is 0.0811. The molecular weight excluding hydrogens is 376 g/mol. The molecule has 0 spiro atoms. The fraction of sp³-hybridized carbons (Fsp3) is 0.300. The van der Waals surface area contributed by atoms with E-state index in [1.54, 1.807) is 18.2 Å². The van der Waals surface area contributed by atoms with Crippen LogP contribution in [0.3, 0.4) is 0 Å². The molecule has 28 heavy (non-hydrogen) atoms. The Morgan fingerprint density at radius 2 is 1.68 bits per heavy atom. The van der Waals surface area contributed by atoms with E-state index in [0.29, 0.717) is 23.8 Å². The summed E-state index contributed by atoms with van der Waals surface area (Å²) in [6, 6.07) is 12.1. The highest BCUT2D eigenvalue weighted by molar-refractivity contribution is 7.80. The lowest BCUT2D eigenvalue weighted by Crippen LogP contribution is -2.52. The minimum Gasteiger partial charge on any atom is -0.368 e. The van der Waals surface area contributed by atoms with Crippen LogP contribution in [0.4, 0.5) is 11.4 Å². The fourth-order valence-electron chi connectivity index (χ4n) is 3.08. The third-order valence-electron chi connectivity index (χ3n) is 4.98. The topological polar surface area (TPSA) is 78.7 Å². The van der Waals surface area contributed by atoms with Crippen LogP contribution in [0.15, 0.2) is 42.5 Å². The summed E-state index contributed by atoms with van der Waals surface area (Å²) in [5.41, 5.74) is 3.82. The Kier molecular flexibility index (Phi) is 5.89. The van der Waals surface area contributed by atoms with E-state index in [2.05, 4.69) is 10.2 Å². The number of hydrogen-bond donors (Lipinski definition) is 1. The smallest absolute Gasteiger partial charge is 0.269 e. The third kappa shape index (κ3) is 4.45. The summed E-state index contributed by atoms with van der Waals surface area (Å²) in [5.74, 6) is -0.203. The van der Waals surface area contributed by atoms with Crippen LogP contribution in [0.1, 0.15) is 21.5 Å². The predicted octanol–water partition coefficient (Wildman–Crippen LogP) is 3.05. The maximum absolute atomic E-state index is 12.4. The molecule has 1 N–H and O–H groups in total. The number of carbonyl (C=O) groups is 1. The number of non-ortho nitro benzene ring substituents is 1. The van der Waals surface area contributed by atoms with Crippen molar-refractivity contribution in [2.75, 3.05) is 31.1 Å². The molecule has 0 unspecified atom stereocenters. The molecule has 0 saturated carbocycles. The molecule has 146 valence electrons. The molecule has 2 aromatic carbocycles. The molecule has 1 heterocycles. The Hall–Kier alpha value is -3.00. The van der Waals surface area contributed by atoms with E-state index in [-0.39, 0.29) is 11.6 Å². The second kappa shape index (κ2) is 8.35. The first-order valence-corrected chi connectivity index (χ1v) is 9.43. The number of anilines is 1. The molecule has 0 aliphatic carbocycles. The van der Waals surface area contributed by atoms with Gasteiger partial charge < -0.3 is 9.80 Å². The van der Waals surface area contributed by atoms with Crippen molar-refractivity contribution in [3.8, 4) is 0 Å². The molecule has 1 aliphatic rings. The minimum atomic E-state index is -0.404. The van der Waals surface area contributed by atoms with Crippen LogP contribution in [-0.2, 0) is 0 Å². The Labute approximate surface area is 169 Å². The number of nitro groups is 1. The second-order valence-electron chi connectivity index (χ2n) is 6.81. The first-order valence-electron chi connectivity index (χ1n) is 9.02. The normalized spacial score (nSPS) is 13.9. The number of amides is 1. The lowest BCUT2D eigenvalue weighted by molar-refractivity contribution is -0.384. The molecular formula is C20H22N4O3S. The Bertz CT molecular complexity index is 906. The SMILES string of the molecule is Cc1ccc(C(=O)NC(=S)N2CCN(c3ccc([N+](=O)[O-])cc3)CC2)cc1C. The van der Waals surface area contributed by atoms with E-state index in [9.17, 15) is 14.9 Å². The van der Waals surface area contributed by atoms with Crippen LogP contribution in [0.5, 0.6) is 0 Å². The van der Waals surface area contributed by atoms with E-state index in [1.807, 2.05) is 30.9 Å². The summed E-state index contributed by atoms with van der Waals surface area (Å²) in [5, 5.41) is 14.0. The van der Waals surface area contributed by atoms with E-state index in [1.165, 1.54) is 12.1 Å². The molecule has 8 heteroatoms. The van der Waals surface area contributed by atoms with Crippen molar-refractivity contribution in [1.29, 1.82) is 0 Å². The zero-order chi connectivity index (χ0) is 20.3. The van der Waals surface area contributed by atoms with Crippen molar-refractivity contribution < 1.29 is 9.72 Å². The summed E-state index contributed by atoms with van der Waals surface area (Å²) in [4.78, 5) is 26.9. The van der Waals surface area contributed by atoms with Crippen molar-refractivity contribution in [2.24, 2.45) is 0 Å². The van der Waals surface area contributed by atoms with Crippen LogP contribution < -0.4 is 10.2 Å². The zero-order valence-corrected chi connectivity index (χ0v) is 16.7.